The van der Waals surface area contributed by atoms with Crippen molar-refractivity contribution in [2.24, 2.45) is 0 Å². The van der Waals surface area contributed by atoms with Crippen LogP contribution in [0.4, 0.5) is 5.69 Å². The number of nitrogens with two attached hydrogens (primary N) is 1. The molecular formula is C11H11N3O3S. The SMILES string of the molecule is Nc1ccc2c(c1)oc(=O)n2C(=O)C1CSCN1. The number of fused-ring (bicyclic) bond motifs is 1. The van der Waals surface area contributed by atoms with Gasteiger partial charge in [0.05, 0.1) is 11.6 Å². The van der Waals surface area contributed by atoms with E-state index in [2.05, 4.69) is 5.32 Å². The number of nitrogens with zero attached hydrogens (tertiary/aromatic N) is 1. The molecule has 0 bridgehead atoms. The molecule has 0 saturated carbocycles. The first-order chi connectivity index (χ1) is 8.66. The summed E-state index contributed by atoms with van der Waals surface area (Å²) in [5.41, 5.74) is 6.89. The molecule has 3 rings (SSSR count). The van der Waals surface area contributed by atoms with Gasteiger partial charge in [-0.05, 0) is 12.1 Å². The molecule has 1 aromatic carbocycles. The van der Waals surface area contributed by atoms with Crippen molar-refractivity contribution in [2.45, 2.75) is 6.04 Å². The van der Waals surface area contributed by atoms with Gasteiger partial charge in [-0.15, -0.1) is 11.8 Å². The van der Waals surface area contributed by atoms with E-state index >= 15 is 0 Å². The molecular weight excluding hydrogens is 254 g/mol. The summed E-state index contributed by atoms with van der Waals surface area (Å²) in [6.45, 7) is 0. The number of nitrogen functional groups attached to an aromatic ring is 1. The number of oxazole rings is 1. The van der Waals surface area contributed by atoms with Crippen LogP contribution in [0.25, 0.3) is 11.1 Å². The van der Waals surface area contributed by atoms with Crippen LogP contribution in [0, 0.1) is 0 Å². The molecule has 3 N–H and O–H groups in total. The van der Waals surface area contributed by atoms with Gasteiger partial charge < -0.3 is 10.2 Å². The van der Waals surface area contributed by atoms with Crippen molar-refractivity contribution < 1.29 is 9.21 Å². The van der Waals surface area contributed by atoms with Gasteiger partial charge in [-0.3, -0.25) is 10.1 Å². The molecule has 2 heterocycles. The molecule has 1 atom stereocenters. The molecule has 1 aliphatic heterocycles. The Morgan fingerprint density at radius 3 is 3.11 bits per heavy atom. The fourth-order valence-electron chi connectivity index (χ4n) is 1.95. The number of hydrogen-bond acceptors (Lipinski definition) is 6. The fraction of sp³-hybridized carbons (Fsp3) is 0.273. The highest BCUT2D eigenvalue weighted by Gasteiger charge is 2.27. The highest BCUT2D eigenvalue weighted by molar-refractivity contribution is 7.99. The smallest absolute Gasteiger partial charge is 0.407 e. The third-order valence-corrected chi connectivity index (χ3v) is 3.78. The van der Waals surface area contributed by atoms with E-state index < -0.39 is 5.76 Å². The van der Waals surface area contributed by atoms with Gasteiger partial charge in [-0.1, -0.05) is 0 Å². The van der Waals surface area contributed by atoms with Crippen LogP contribution in [0.1, 0.15) is 4.79 Å². The lowest BCUT2D eigenvalue weighted by atomic mass is 10.2. The van der Waals surface area contributed by atoms with E-state index in [1.807, 2.05) is 0 Å². The Kier molecular flexibility index (Phi) is 2.64. The summed E-state index contributed by atoms with van der Waals surface area (Å²) >= 11 is 1.62. The maximum Gasteiger partial charge on any atom is 0.426 e. The van der Waals surface area contributed by atoms with Crippen LogP contribution in [0.5, 0.6) is 0 Å². The quantitative estimate of drug-likeness (QED) is 0.729. The van der Waals surface area contributed by atoms with E-state index in [0.29, 0.717) is 28.4 Å². The predicted octanol–water partition coefficient (Wildman–Crippen LogP) is 0.479. The molecule has 2 aromatic rings. The van der Waals surface area contributed by atoms with Gasteiger partial charge in [0, 0.05) is 23.4 Å². The third kappa shape index (κ3) is 1.72. The Hall–Kier alpha value is -1.73. The van der Waals surface area contributed by atoms with E-state index in [4.69, 9.17) is 10.2 Å². The van der Waals surface area contributed by atoms with Crippen LogP contribution >= 0.6 is 11.8 Å². The normalized spacial score (nSPS) is 19.4. The maximum atomic E-state index is 12.2. The molecule has 0 amide bonds. The van der Waals surface area contributed by atoms with Crippen LogP contribution in [0.2, 0.25) is 0 Å². The highest BCUT2D eigenvalue weighted by atomic mass is 32.2. The van der Waals surface area contributed by atoms with Crippen LogP contribution in [-0.2, 0) is 0 Å². The standard InChI is InChI=1S/C11H11N3O3S/c12-6-1-2-8-9(3-6)17-11(16)14(8)10(15)7-4-18-5-13-7/h1-3,7,13H,4-5,12H2. The summed E-state index contributed by atoms with van der Waals surface area (Å²) < 4.78 is 6.10. The first-order valence-electron chi connectivity index (χ1n) is 5.43. The zero-order valence-electron chi connectivity index (χ0n) is 9.38. The third-order valence-electron chi connectivity index (χ3n) is 2.84. The number of thioether (sulfide) groups is 1. The summed E-state index contributed by atoms with van der Waals surface area (Å²) in [5, 5.41) is 3.04. The maximum absolute atomic E-state index is 12.2. The van der Waals surface area contributed by atoms with Crippen LogP contribution in [0.3, 0.4) is 0 Å². The van der Waals surface area contributed by atoms with Gasteiger partial charge in [0.2, 0.25) is 0 Å². The van der Waals surface area contributed by atoms with Crippen molar-refractivity contribution >= 4 is 34.5 Å². The van der Waals surface area contributed by atoms with Gasteiger partial charge in [0.25, 0.3) is 5.91 Å². The lowest BCUT2D eigenvalue weighted by molar-refractivity contribution is 0.0873. The first-order valence-corrected chi connectivity index (χ1v) is 6.59. The van der Waals surface area contributed by atoms with E-state index in [-0.39, 0.29) is 11.9 Å². The van der Waals surface area contributed by atoms with Crippen molar-refractivity contribution in [3.8, 4) is 0 Å². The van der Waals surface area contributed by atoms with E-state index in [9.17, 15) is 9.59 Å². The molecule has 1 aliphatic rings. The number of hydrogen-bond donors (Lipinski definition) is 2. The predicted molar refractivity (Wildman–Crippen MR) is 69.8 cm³/mol. The summed E-state index contributed by atoms with van der Waals surface area (Å²) in [6, 6.07) is 4.45. The topological polar surface area (TPSA) is 90.3 Å². The van der Waals surface area contributed by atoms with Gasteiger partial charge >= 0.3 is 5.76 Å². The number of nitrogens with one attached hydrogen (secondary N) is 1. The summed E-state index contributed by atoms with van der Waals surface area (Å²) in [4.78, 5) is 24.0. The second kappa shape index (κ2) is 4.18. The minimum atomic E-state index is -0.667. The summed E-state index contributed by atoms with van der Waals surface area (Å²) in [7, 11) is 0. The number of anilines is 1. The monoisotopic (exact) mass is 265 g/mol. The van der Waals surface area contributed by atoms with Crippen molar-refractivity contribution in [3.63, 3.8) is 0 Å². The molecule has 6 nitrogen and oxygen atoms in total. The average molecular weight is 265 g/mol. The Bertz CT molecular complexity index is 670. The minimum Gasteiger partial charge on any atom is -0.407 e. The number of carbonyl (C=O) groups excluding carboxylic acids is 1. The number of benzene rings is 1. The van der Waals surface area contributed by atoms with Crippen LogP contribution in [0.15, 0.2) is 27.4 Å². The molecule has 1 unspecified atom stereocenters. The number of aromatic nitrogens is 1. The van der Waals surface area contributed by atoms with Gasteiger partial charge in [0.15, 0.2) is 5.58 Å². The Morgan fingerprint density at radius 2 is 2.39 bits per heavy atom. The molecule has 1 fully saturated rings. The molecule has 0 radical (unpaired) electrons. The second-order valence-electron chi connectivity index (χ2n) is 4.04. The molecule has 7 heteroatoms. The van der Waals surface area contributed by atoms with Crippen molar-refractivity contribution in [1.29, 1.82) is 0 Å². The molecule has 0 aliphatic carbocycles. The molecule has 18 heavy (non-hydrogen) atoms. The minimum absolute atomic E-state index is 0.284. The lowest BCUT2D eigenvalue weighted by Crippen LogP contribution is -2.40. The summed E-state index contributed by atoms with van der Waals surface area (Å²) in [6.07, 6.45) is 0. The van der Waals surface area contributed by atoms with Gasteiger partial charge in [-0.2, -0.15) is 0 Å². The molecule has 1 saturated heterocycles. The highest BCUT2D eigenvalue weighted by Crippen LogP contribution is 2.18. The summed E-state index contributed by atoms with van der Waals surface area (Å²) in [5.74, 6) is 0.425. The van der Waals surface area contributed by atoms with Crippen molar-refractivity contribution in [2.75, 3.05) is 17.4 Å². The Balaban J connectivity index is 2.13. The second-order valence-corrected chi connectivity index (χ2v) is 5.07. The van der Waals surface area contributed by atoms with Crippen molar-refractivity contribution in [1.82, 2.24) is 9.88 Å². The van der Waals surface area contributed by atoms with Crippen molar-refractivity contribution in [3.05, 3.63) is 28.7 Å². The fourth-order valence-corrected chi connectivity index (χ4v) is 2.89. The van der Waals surface area contributed by atoms with E-state index in [1.165, 1.54) is 6.07 Å². The Labute approximate surface area is 106 Å². The lowest BCUT2D eigenvalue weighted by Gasteiger charge is -2.07. The van der Waals surface area contributed by atoms with Gasteiger partial charge in [-0.25, -0.2) is 9.36 Å². The van der Waals surface area contributed by atoms with Gasteiger partial charge in [0.1, 0.15) is 0 Å². The number of rotatable bonds is 1. The first kappa shape index (κ1) is 11.4. The van der Waals surface area contributed by atoms with E-state index in [0.717, 1.165) is 4.57 Å². The van der Waals surface area contributed by atoms with Crippen LogP contribution in [-0.4, -0.2) is 28.1 Å². The molecule has 94 valence electrons. The molecule has 1 aromatic heterocycles. The zero-order chi connectivity index (χ0) is 12.7. The zero-order valence-corrected chi connectivity index (χ0v) is 10.2. The number of carbonyl (C=O) groups is 1. The van der Waals surface area contributed by atoms with Crippen LogP contribution < -0.4 is 16.8 Å². The largest absolute Gasteiger partial charge is 0.426 e. The average Bonchev–Trinajstić information content (AvgIpc) is 2.94. The Morgan fingerprint density at radius 1 is 1.56 bits per heavy atom. The molecule has 0 spiro atoms. The van der Waals surface area contributed by atoms with E-state index in [1.54, 1.807) is 23.9 Å².